The van der Waals surface area contributed by atoms with E-state index in [1.165, 1.54) is 11.8 Å². The van der Waals surface area contributed by atoms with Gasteiger partial charge in [0, 0.05) is 4.90 Å². The molecule has 0 aliphatic carbocycles. The summed E-state index contributed by atoms with van der Waals surface area (Å²) in [5.41, 5.74) is 1.72. The van der Waals surface area contributed by atoms with Gasteiger partial charge in [0.1, 0.15) is 5.94 Å². The number of benzene rings is 2. The molecule has 2 nitrogen and oxygen atoms in total. The molecule has 0 aliphatic rings. The third-order valence-electron chi connectivity index (χ3n) is 2.45. The van der Waals surface area contributed by atoms with Gasteiger partial charge in [-0.25, -0.2) is 4.79 Å². The minimum Gasteiger partial charge on any atom is -0.451 e. The van der Waals surface area contributed by atoms with Crippen LogP contribution in [-0.2, 0) is 4.74 Å². The van der Waals surface area contributed by atoms with Crippen LogP contribution in [-0.4, -0.2) is 11.9 Å². The van der Waals surface area contributed by atoms with Gasteiger partial charge in [-0.1, -0.05) is 47.7 Å². The summed E-state index contributed by atoms with van der Waals surface area (Å²) in [6.07, 6.45) is 0. The Balaban J connectivity index is 1.84. The molecule has 0 N–H and O–H groups in total. The van der Waals surface area contributed by atoms with Gasteiger partial charge in [-0.05, 0) is 31.2 Å². The maximum Gasteiger partial charge on any atom is 0.338 e. The predicted octanol–water partition coefficient (Wildman–Crippen LogP) is 3.90. The first-order chi connectivity index (χ1) is 8.75. The molecule has 2 rings (SSSR count). The van der Waals surface area contributed by atoms with Crippen molar-refractivity contribution < 1.29 is 9.53 Å². The highest BCUT2D eigenvalue weighted by Gasteiger charge is 2.06. The highest BCUT2D eigenvalue weighted by atomic mass is 32.2. The molecule has 18 heavy (non-hydrogen) atoms. The van der Waals surface area contributed by atoms with Crippen LogP contribution in [0.3, 0.4) is 0 Å². The van der Waals surface area contributed by atoms with Crippen molar-refractivity contribution in [2.75, 3.05) is 5.94 Å². The number of esters is 1. The van der Waals surface area contributed by atoms with E-state index in [9.17, 15) is 4.79 Å². The monoisotopic (exact) mass is 258 g/mol. The molecule has 2 aromatic carbocycles. The van der Waals surface area contributed by atoms with E-state index in [4.69, 9.17) is 4.74 Å². The molecule has 0 amide bonds. The smallest absolute Gasteiger partial charge is 0.338 e. The lowest BCUT2D eigenvalue weighted by Gasteiger charge is -2.04. The Labute approximate surface area is 111 Å². The zero-order valence-corrected chi connectivity index (χ0v) is 10.9. The minimum absolute atomic E-state index is 0.279. The van der Waals surface area contributed by atoms with Crippen molar-refractivity contribution in [1.82, 2.24) is 0 Å². The second kappa shape index (κ2) is 6.26. The highest BCUT2D eigenvalue weighted by Crippen LogP contribution is 2.17. The van der Waals surface area contributed by atoms with E-state index in [-0.39, 0.29) is 5.97 Å². The maximum absolute atomic E-state index is 11.7. The van der Waals surface area contributed by atoms with E-state index in [0.29, 0.717) is 11.5 Å². The largest absolute Gasteiger partial charge is 0.451 e. The number of carbonyl (C=O) groups excluding carboxylic acids is 1. The van der Waals surface area contributed by atoms with Crippen molar-refractivity contribution >= 4 is 17.7 Å². The number of thioether (sulfide) groups is 1. The molecule has 0 radical (unpaired) electrons. The lowest BCUT2D eigenvalue weighted by molar-refractivity contribution is 0.0579. The molecule has 0 aromatic heterocycles. The maximum atomic E-state index is 11.7. The van der Waals surface area contributed by atoms with Crippen molar-refractivity contribution in [2.24, 2.45) is 0 Å². The Bertz CT molecular complexity index is 506. The van der Waals surface area contributed by atoms with Crippen LogP contribution in [0, 0.1) is 6.92 Å². The van der Waals surface area contributed by atoms with E-state index in [2.05, 4.69) is 0 Å². The van der Waals surface area contributed by atoms with E-state index in [1.54, 1.807) is 12.1 Å². The van der Waals surface area contributed by atoms with E-state index >= 15 is 0 Å². The average molecular weight is 258 g/mol. The number of carbonyl (C=O) groups is 1. The summed E-state index contributed by atoms with van der Waals surface area (Å²) in [5, 5.41) is 0. The summed E-state index contributed by atoms with van der Waals surface area (Å²) in [4.78, 5) is 12.8. The molecule has 0 unspecified atom stereocenters. The topological polar surface area (TPSA) is 26.3 Å². The molecule has 0 spiro atoms. The van der Waals surface area contributed by atoms with Gasteiger partial charge in [0.05, 0.1) is 5.56 Å². The van der Waals surface area contributed by atoms with Gasteiger partial charge in [-0.2, -0.15) is 0 Å². The van der Waals surface area contributed by atoms with Crippen LogP contribution < -0.4 is 0 Å². The van der Waals surface area contributed by atoms with Crippen molar-refractivity contribution in [3.8, 4) is 0 Å². The number of hydrogen-bond donors (Lipinski definition) is 0. The Morgan fingerprint density at radius 1 is 1.06 bits per heavy atom. The SMILES string of the molecule is Cc1ccc(C(=O)OCSc2ccccc2)cc1. The number of hydrogen-bond acceptors (Lipinski definition) is 3. The van der Waals surface area contributed by atoms with Crippen LogP contribution >= 0.6 is 11.8 Å². The third kappa shape index (κ3) is 3.64. The molecule has 0 aliphatic heterocycles. The summed E-state index contributed by atoms with van der Waals surface area (Å²) >= 11 is 1.50. The molecule has 0 saturated carbocycles. The number of ether oxygens (including phenoxy) is 1. The molecule has 0 atom stereocenters. The molecule has 0 saturated heterocycles. The molecular formula is C15H14O2S. The van der Waals surface area contributed by atoms with Crippen LogP contribution in [0.2, 0.25) is 0 Å². The standard InChI is InChI=1S/C15H14O2S/c1-12-7-9-13(10-8-12)15(16)17-11-18-14-5-3-2-4-6-14/h2-10H,11H2,1H3. The summed E-state index contributed by atoms with van der Waals surface area (Å²) in [6.45, 7) is 1.99. The van der Waals surface area contributed by atoms with Crippen LogP contribution in [0.5, 0.6) is 0 Å². The fourth-order valence-corrected chi connectivity index (χ4v) is 2.09. The molecule has 2 aromatic rings. The quantitative estimate of drug-likeness (QED) is 0.472. The van der Waals surface area contributed by atoms with E-state index in [0.717, 1.165) is 10.5 Å². The fraction of sp³-hybridized carbons (Fsp3) is 0.133. The van der Waals surface area contributed by atoms with Crippen LogP contribution in [0.1, 0.15) is 15.9 Å². The van der Waals surface area contributed by atoms with Crippen molar-refractivity contribution in [2.45, 2.75) is 11.8 Å². The van der Waals surface area contributed by atoms with Crippen molar-refractivity contribution in [1.29, 1.82) is 0 Å². The van der Waals surface area contributed by atoms with Gasteiger partial charge in [-0.3, -0.25) is 0 Å². The second-order valence-corrected chi connectivity index (χ2v) is 4.87. The van der Waals surface area contributed by atoms with E-state index in [1.807, 2.05) is 49.4 Å². The average Bonchev–Trinajstić information content (AvgIpc) is 2.40. The fourth-order valence-electron chi connectivity index (χ4n) is 1.44. The summed E-state index contributed by atoms with van der Waals surface area (Å²) in [5.74, 6) is 0.0509. The first kappa shape index (κ1) is 12.7. The van der Waals surface area contributed by atoms with Gasteiger partial charge in [0.25, 0.3) is 0 Å². The number of rotatable bonds is 4. The van der Waals surface area contributed by atoms with Crippen LogP contribution in [0.15, 0.2) is 59.5 Å². The van der Waals surface area contributed by atoms with Gasteiger partial charge in [-0.15, -0.1) is 0 Å². The molecule has 0 bridgehead atoms. The van der Waals surface area contributed by atoms with Crippen molar-refractivity contribution in [3.05, 3.63) is 65.7 Å². The van der Waals surface area contributed by atoms with Crippen molar-refractivity contribution in [3.63, 3.8) is 0 Å². The second-order valence-electron chi connectivity index (χ2n) is 3.87. The Kier molecular flexibility index (Phi) is 4.42. The lowest BCUT2D eigenvalue weighted by Crippen LogP contribution is -2.04. The van der Waals surface area contributed by atoms with Gasteiger partial charge in [0.15, 0.2) is 0 Å². The van der Waals surface area contributed by atoms with Gasteiger partial charge < -0.3 is 4.74 Å². The molecule has 0 fully saturated rings. The molecule has 3 heteroatoms. The van der Waals surface area contributed by atoms with Gasteiger partial charge in [0.2, 0.25) is 0 Å². The predicted molar refractivity (Wildman–Crippen MR) is 73.8 cm³/mol. The van der Waals surface area contributed by atoms with Crippen LogP contribution in [0.25, 0.3) is 0 Å². The highest BCUT2D eigenvalue weighted by molar-refractivity contribution is 7.99. The summed E-state index contributed by atoms with van der Waals surface area (Å²) in [7, 11) is 0. The first-order valence-corrected chi connectivity index (χ1v) is 6.66. The Morgan fingerprint density at radius 2 is 1.72 bits per heavy atom. The lowest BCUT2D eigenvalue weighted by atomic mass is 10.2. The van der Waals surface area contributed by atoms with Gasteiger partial charge >= 0.3 is 5.97 Å². The Morgan fingerprint density at radius 3 is 2.39 bits per heavy atom. The third-order valence-corrected chi connectivity index (χ3v) is 3.29. The number of aryl methyl sites for hydroxylation is 1. The zero-order chi connectivity index (χ0) is 12.8. The summed E-state index contributed by atoms with van der Waals surface area (Å²) < 4.78 is 5.20. The normalized spacial score (nSPS) is 10.1. The Hall–Kier alpha value is -1.74. The summed E-state index contributed by atoms with van der Waals surface area (Å²) in [6, 6.07) is 17.2. The first-order valence-electron chi connectivity index (χ1n) is 5.67. The molecule has 0 heterocycles. The van der Waals surface area contributed by atoms with E-state index < -0.39 is 0 Å². The minimum atomic E-state index is -0.279. The molecule has 92 valence electrons. The molecular weight excluding hydrogens is 244 g/mol. The van der Waals surface area contributed by atoms with Crippen LogP contribution in [0.4, 0.5) is 0 Å². The zero-order valence-electron chi connectivity index (χ0n) is 10.1.